The first kappa shape index (κ1) is 18.5. The number of ether oxygens (including phenoxy) is 1. The zero-order valence-corrected chi connectivity index (χ0v) is 14.9. The van der Waals surface area contributed by atoms with E-state index >= 15 is 0 Å². The first-order valence-electron chi connectivity index (χ1n) is 8.39. The Morgan fingerprint density at radius 2 is 1.72 bits per heavy atom. The number of carbonyl (C=O) groups excluding carboxylic acids is 2. The SMILES string of the molecule is CCCNC(=O)COC(=O)c1ccccc1Nc1cccc(C)c1C. The highest BCUT2D eigenvalue weighted by atomic mass is 16.5. The predicted molar refractivity (Wildman–Crippen MR) is 99.2 cm³/mol. The van der Waals surface area contributed by atoms with E-state index in [1.807, 2.05) is 51.1 Å². The molecular formula is C20H24N2O3. The van der Waals surface area contributed by atoms with Crippen molar-refractivity contribution in [3.8, 4) is 0 Å². The van der Waals surface area contributed by atoms with Crippen LogP contribution in [0.3, 0.4) is 0 Å². The maximum absolute atomic E-state index is 12.3. The Balaban J connectivity index is 2.10. The van der Waals surface area contributed by atoms with Crippen molar-refractivity contribution in [2.24, 2.45) is 0 Å². The van der Waals surface area contributed by atoms with Crippen LogP contribution in [-0.4, -0.2) is 25.0 Å². The quantitative estimate of drug-likeness (QED) is 0.754. The number of amides is 1. The van der Waals surface area contributed by atoms with Crippen LogP contribution in [0.5, 0.6) is 0 Å². The van der Waals surface area contributed by atoms with Crippen molar-refractivity contribution >= 4 is 23.3 Å². The minimum atomic E-state index is -0.528. The molecule has 0 saturated carbocycles. The summed E-state index contributed by atoms with van der Waals surface area (Å²) >= 11 is 0. The average Bonchev–Trinajstić information content (AvgIpc) is 2.62. The van der Waals surface area contributed by atoms with Crippen LogP contribution in [0.1, 0.15) is 34.8 Å². The maximum Gasteiger partial charge on any atom is 0.340 e. The molecule has 2 aromatic rings. The third kappa shape index (κ3) is 5.08. The molecule has 0 atom stereocenters. The molecule has 0 heterocycles. The maximum atomic E-state index is 12.3. The van der Waals surface area contributed by atoms with Crippen LogP contribution in [0.25, 0.3) is 0 Å². The molecule has 5 heteroatoms. The molecule has 2 aromatic carbocycles. The van der Waals surface area contributed by atoms with Crippen molar-refractivity contribution in [3.05, 3.63) is 59.2 Å². The summed E-state index contributed by atoms with van der Waals surface area (Å²) in [5.41, 5.74) is 4.25. The highest BCUT2D eigenvalue weighted by molar-refractivity contribution is 5.97. The fourth-order valence-electron chi connectivity index (χ4n) is 2.33. The monoisotopic (exact) mass is 340 g/mol. The molecule has 0 aliphatic rings. The second-order valence-corrected chi connectivity index (χ2v) is 5.84. The predicted octanol–water partition coefficient (Wildman–Crippen LogP) is 3.73. The Hall–Kier alpha value is -2.82. The summed E-state index contributed by atoms with van der Waals surface area (Å²) in [4.78, 5) is 23.9. The normalized spacial score (nSPS) is 10.2. The molecule has 5 nitrogen and oxygen atoms in total. The number of rotatable bonds is 7. The summed E-state index contributed by atoms with van der Waals surface area (Å²) < 4.78 is 5.13. The van der Waals surface area contributed by atoms with E-state index in [0.717, 1.165) is 23.2 Å². The van der Waals surface area contributed by atoms with Gasteiger partial charge in [0.15, 0.2) is 6.61 Å². The van der Waals surface area contributed by atoms with Crippen molar-refractivity contribution in [3.63, 3.8) is 0 Å². The largest absolute Gasteiger partial charge is 0.452 e. The molecule has 0 aliphatic heterocycles. The number of carbonyl (C=O) groups is 2. The first-order chi connectivity index (χ1) is 12.0. The molecule has 25 heavy (non-hydrogen) atoms. The molecule has 0 aliphatic carbocycles. The fraction of sp³-hybridized carbons (Fsp3) is 0.300. The van der Waals surface area contributed by atoms with Gasteiger partial charge in [0, 0.05) is 12.2 Å². The molecule has 0 saturated heterocycles. The zero-order valence-electron chi connectivity index (χ0n) is 14.9. The van der Waals surface area contributed by atoms with E-state index in [9.17, 15) is 9.59 Å². The van der Waals surface area contributed by atoms with Gasteiger partial charge in [-0.3, -0.25) is 4.79 Å². The van der Waals surface area contributed by atoms with Crippen LogP contribution in [0.2, 0.25) is 0 Å². The van der Waals surface area contributed by atoms with Crippen LogP contribution in [0, 0.1) is 13.8 Å². The highest BCUT2D eigenvalue weighted by Crippen LogP contribution is 2.25. The minimum absolute atomic E-state index is 0.281. The summed E-state index contributed by atoms with van der Waals surface area (Å²) in [6, 6.07) is 13.1. The number of para-hydroxylation sites is 1. The number of hydrogen-bond donors (Lipinski definition) is 2. The van der Waals surface area contributed by atoms with Gasteiger partial charge in [-0.25, -0.2) is 4.79 Å². The molecule has 0 bridgehead atoms. The van der Waals surface area contributed by atoms with Gasteiger partial charge < -0.3 is 15.4 Å². The van der Waals surface area contributed by atoms with Gasteiger partial charge in [-0.2, -0.15) is 0 Å². The summed E-state index contributed by atoms with van der Waals surface area (Å²) in [6.45, 7) is 6.31. The lowest BCUT2D eigenvalue weighted by Gasteiger charge is -2.14. The van der Waals surface area contributed by atoms with Crippen LogP contribution in [0.15, 0.2) is 42.5 Å². The molecule has 0 unspecified atom stereocenters. The van der Waals surface area contributed by atoms with Crippen molar-refractivity contribution in [2.75, 3.05) is 18.5 Å². The second kappa shape index (κ2) is 8.87. The molecule has 2 N–H and O–H groups in total. The van der Waals surface area contributed by atoms with Crippen molar-refractivity contribution in [1.29, 1.82) is 0 Å². The van der Waals surface area contributed by atoms with Gasteiger partial charge >= 0.3 is 5.97 Å². The van der Waals surface area contributed by atoms with Gasteiger partial charge in [0.2, 0.25) is 0 Å². The summed E-state index contributed by atoms with van der Waals surface area (Å²) in [5, 5.41) is 5.96. The molecule has 2 rings (SSSR count). The van der Waals surface area contributed by atoms with Crippen LogP contribution >= 0.6 is 0 Å². The number of benzene rings is 2. The number of aryl methyl sites for hydroxylation is 1. The molecule has 132 valence electrons. The van der Waals surface area contributed by atoms with Crippen LogP contribution in [-0.2, 0) is 9.53 Å². The van der Waals surface area contributed by atoms with Gasteiger partial charge in [-0.15, -0.1) is 0 Å². The van der Waals surface area contributed by atoms with Crippen molar-refractivity contribution in [2.45, 2.75) is 27.2 Å². The van der Waals surface area contributed by atoms with Gasteiger partial charge in [0.25, 0.3) is 5.91 Å². The smallest absolute Gasteiger partial charge is 0.340 e. The molecule has 0 spiro atoms. The standard InChI is InChI=1S/C20H24N2O3/c1-4-12-21-19(23)13-25-20(24)16-9-5-6-10-18(16)22-17-11-7-8-14(2)15(17)3/h5-11,22H,4,12-13H2,1-3H3,(H,21,23). The van der Waals surface area contributed by atoms with Crippen LogP contribution in [0.4, 0.5) is 11.4 Å². The van der Waals surface area contributed by atoms with Crippen molar-refractivity contribution in [1.82, 2.24) is 5.32 Å². The Morgan fingerprint density at radius 1 is 1.00 bits per heavy atom. The summed E-state index contributed by atoms with van der Waals surface area (Å²) in [5.74, 6) is -0.824. The zero-order chi connectivity index (χ0) is 18.2. The molecule has 1 amide bonds. The van der Waals surface area contributed by atoms with E-state index in [2.05, 4.69) is 10.6 Å². The van der Waals surface area contributed by atoms with E-state index in [4.69, 9.17) is 4.74 Å². The molecule has 0 radical (unpaired) electrons. The first-order valence-corrected chi connectivity index (χ1v) is 8.39. The van der Waals surface area contributed by atoms with Gasteiger partial charge in [0.1, 0.15) is 0 Å². The lowest BCUT2D eigenvalue weighted by Crippen LogP contribution is -2.29. The van der Waals surface area contributed by atoms with Crippen LogP contribution < -0.4 is 10.6 Å². The second-order valence-electron chi connectivity index (χ2n) is 5.84. The van der Waals surface area contributed by atoms with Crippen molar-refractivity contribution < 1.29 is 14.3 Å². The fourth-order valence-corrected chi connectivity index (χ4v) is 2.33. The van der Waals surface area contributed by atoms with Gasteiger partial charge in [-0.1, -0.05) is 31.2 Å². The van der Waals surface area contributed by atoms with Gasteiger partial charge in [-0.05, 0) is 49.6 Å². The van der Waals surface area contributed by atoms with E-state index in [1.165, 1.54) is 0 Å². The Kier molecular flexibility index (Phi) is 6.57. The van der Waals surface area contributed by atoms with E-state index < -0.39 is 5.97 Å². The number of nitrogens with one attached hydrogen (secondary N) is 2. The molecule has 0 fully saturated rings. The Morgan fingerprint density at radius 3 is 2.48 bits per heavy atom. The topological polar surface area (TPSA) is 67.4 Å². The minimum Gasteiger partial charge on any atom is -0.452 e. The Bertz CT molecular complexity index is 756. The van der Waals surface area contributed by atoms with E-state index in [-0.39, 0.29) is 12.5 Å². The molecular weight excluding hydrogens is 316 g/mol. The third-order valence-corrected chi connectivity index (χ3v) is 3.93. The molecule has 0 aromatic heterocycles. The van der Waals surface area contributed by atoms with E-state index in [1.54, 1.807) is 12.1 Å². The van der Waals surface area contributed by atoms with Gasteiger partial charge in [0.05, 0.1) is 11.3 Å². The average molecular weight is 340 g/mol. The number of esters is 1. The summed E-state index contributed by atoms with van der Waals surface area (Å²) in [7, 11) is 0. The summed E-state index contributed by atoms with van der Waals surface area (Å²) in [6.07, 6.45) is 0.836. The number of anilines is 2. The lowest BCUT2D eigenvalue weighted by atomic mass is 10.1. The third-order valence-electron chi connectivity index (χ3n) is 3.93. The van der Waals surface area contributed by atoms with E-state index in [0.29, 0.717) is 17.8 Å². The Labute approximate surface area is 148 Å². The number of hydrogen-bond acceptors (Lipinski definition) is 4. The lowest BCUT2D eigenvalue weighted by molar-refractivity contribution is -0.124. The highest BCUT2D eigenvalue weighted by Gasteiger charge is 2.15.